The van der Waals surface area contributed by atoms with Gasteiger partial charge < -0.3 is 19.9 Å². The van der Waals surface area contributed by atoms with Crippen LogP contribution in [0.5, 0.6) is 0 Å². The number of aryl methyl sites for hydroxylation is 2. The van der Waals surface area contributed by atoms with E-state index in [1.54, 1.807) is 4.90 Å². The van der Waals surface area contributed by atoms with Gasteiger partial charge in [-0.3, -0.25) is 4.79 Å². The predicted octanol–water partition coefficient (Wildman–Crippen LogP) is 4.36. The van der Waals surface area contributed by atoms with Crippen LogP contribution >= 0.6 is 0 Å². The average molecular weight is 405 g/mol. The van der Waals surface area contributed by atoms with Crippen LogP contribution in [0.15, 0.2) is 53.3 Å². The van der Waals surface area contributed by atoms with E-state index < -0.39 is 0 Å². The minimum atomic E-state index is -0.240. The number of H-pyrrole nitrogens is 1. The molecule has 156 valence electrons. The quantitative estimate of drug-likeness (QED) is 0.662. The molecule has 3 aromatic rings. The summed E-state index contributed by atoms with van der Waals surface area (Å²) in [6.07, 6.45) is 1.91. The number of amides is 2. The third-order valence-corrected chi connectivity index (χ3v) is 5.66. The summed E-state index contributed by atoms with van der Waals surface area (Å²) in [4.78, 5) is 30.4. The van der Waals surface area contributed by atoms with Crippen molar-refractivity contribution in [2.24, 2.45) is 0 Å². The van der Waals surface area contributed by atoms with Crippen LogP contribution in [-0.2, 0) is 11.3 Å². The summed E-state index contributed by atoms with van der Waals surface area (Å²) >= 11 is 0. The van der Waals surface area contributed by atoms with Gasteiger partial charge in [0.2, 0.25) is 0 Å². The molecule has 2 amide bonds. The standard InChI is InChI=1S/C24H27N3O3/c1-16-11-18-13-19(23(28)26-22(18)12-17(16)2)14-27(15-21-9-6-10-30-21)24(29)25-20-7-4-3-5-8-20/h3-5,7-8,11-13,21H,6,9-10,14-15H2,1-2H3,(H,25,29)(H,26,28)/t21-/m1/s1. The Kier molecular flexibility index (Phi) is 5.86. The first-order valence-electron chi connectivity index (χ1n) is 10.4. The van der Waals surface area contributed by atoms with Gasteiger partial charge in [-0.15, -0.1) is 0 Å². The normalized spacial score (nSPS) is 16.0. The molecule has 2 N–H and O–H groups in total. The molecule has 1 saturated heterocycles. The van der Waals surface area contributed by atoms with Gasteiger partial charge >= 0.3 is 6.03 Å². The highest BCUT2D eigenvalue weighted by Gasteiger charge is 2.24. The number of aromatic nitrogens is 1. The minimum absolute atomic E-state index is 0.00374. The second-order valence-corrected chi connectivity index (χ2v) is 7.96. The zero-order valence-corrected chi connectivity index (χ0v) is 17.4. The molecule has 1 aliphatic heterocycles. The Hall–Kier alpha value is -3.12. The van der Waals surface area contributed by atoms with Crippen LogP contribution < -0.4 is 10.9 Å². The largest absolute Gasteiger partial charge is 0.376 e. The maximum absolute atomic E-state index is 13.0. The van der Waals surface area contributed by atoms with E-state index in [1.165, 1.54) is 5.56 Å². The molecule has 1 aliphatic rings. The fourth-order valence-electron chi connectivity index (χ4n) is 3.82. The number of nitrogens with one attached hydrogen (secondary N) is 2. The Labute approximate surface area is 175 Å². The van der Waals surface area contributed by atoms with Crippen LogP contribution in [0.3, 0.4) is 0 Å². The van der Waals surface area contributed by atoms with Crippen molar-refractivity contribution in [3.05, 3.63) is 75.6 Å². The van der Waals surface area contributed by atoms with E-state index in [4.69, 9.17) is 4.74 Å². The van der Waals surface area contributed by atoms with Crippen LogP contribution in [-0.4, -0.2) is 35.2 Å². The Morgan fingerprint density at radius 1 is 1.17 bits per heavy atom. The lowest BCUT2D eigenvalue weighted by Crippen LogP contribution is -2.40. The Morgan fingerprint density at radius 3 is 2.67 bits per heavy atom. The van der Waals surface area contributed by atoms with Crippen molar-refractivity contribution in [3.63, 3.8) is 0 Å². The molecule has 1 aromatic heterocycles. The number of para-hydroxylation sites is 1. The lowest BCUT2D eigenvalue weighted by Gasteiger charge is -2.25. The molecule has 2 heterocycles. The number of carbonyl (C=O) groups is 1. The zero-order chi connectivity index (χ0) is 21.1. The Bertz CT molecular complexity index is 1100. The summed E-state index contributed by atoms with van der Waals surface area (Å²) in [7, 11) is 0. The molecule has 6 nitrogen and oxygen atoms in total. The third kappa shape index (κ3) is 4.54. The van der Waals surface area contributed by atoms with Gasteiger partial charge in [0.25, 0.3) is 5.56 Å². The first-order chi connectivity index (χ1) is 14.5. The van der Waals surface area contributed by atoms with Gasteiger partial charge in [0, 0.05) is 29.9 Å². The molecule has 2 aromatic carbocycles. The van der Waals surface area contributed by atoms with Gasteiger partial charge in [0.05, 0.1) is 12.6 Å². The van der Waals surface area contributed by atoms with Crippen molar-refractivity contribution in [1.29, 1.82) is 0 Å². The molecule has 1 fully saturated rings. The highest BCUT2D eigenvalue weighted by atomic mass is 16.5. The van der Waals surface area contributed by atoms with Crippen molar-refractivity contribution in [2.45, 2.75) is 39.3 Å². The summed E-state index contributed by atoms with van der Waals surface area (Å²) in [5, 5.41) is 3.89. The minimum Gasteiger partial charge on any atom is -0.376 e. The summed E-state index contributed by atoms with van der Waals surface area (Å²) < 4.78 is 5.74. The first-order valence-corrected chi connectivity index (χ1v) is 10.4. The number of rotatable bonds is 5. The molecule has 0 unspecified atom stereocenters. The van der Waals surface area contributed by atoms with Crippen LogP contribution in [0.4, 0.5) is 10.5 Å². The van der Waals surface area contributed by atoms with Crippen LogP contribution in [0.1, 0.15) is 29.5 Å². The smallest absolute Gasteiger partial charge is 0.322 e. The molecule has 1 atom stereocenters. The summed E-state index contributed by atoms with van der Waals surface area (Å²) in [5.74, 6) is 0. The van der Waals surface area contributed by atoms with Crippen LogP contribution in [0.2, 0.25) is 0 Å². The monoisotopic (exact) mass is 405 g/mol. The average Bonchev–Trinajstić information content (AvgIpc) is 3.23. The highest BCUT2D eigenvalue weighted by Crippen LogP contribution is 2.19. The van der Waals surface area contributed by atoms with Crippen molar-refractivity contribution in [1.82, 2.24) is 9.88 Å². The molecule has 4 rings (SSSR count). The van der Waals surface area contributed by atoms with Gasteiger partial charge in [-0.2, -0.15) is 0 Å². The number of aromatic amines is 1. The van der Waals surface area contributed by atoms with Gasteiger partial charge in [-0.05, 0) is 73.5 Å². The van der Waals surface area contributed by atoms with Gasteiger partial charge in [0.15, 0.2) is 0 Å². The SMILES string of the molecule is Cc1cc2cc(CN(C[C@H]3CCCO3)C(=O)Nc3ccccc3)c(=O)[nH]c2cc1C. The Morgan fingerprint density at radius 2 is 1.93 bits per heavy atom. The van der Waals surface area contributed by atoms with Crippen molar-refractivity contribution < 1.29 is 9.53 Å². The number of carbonyl (C=O) groups excluding carboxylic acids is 1. The summed E-state index contributed by atoms with van der Waals surface area (Å²) in [6.45, 7) is 5.46. The fourth-order valence-corrected chi connectivity index (χ4v) is 3.82. The predicted molar refractivity (Wildman–Crippen MR) is 119 cm³/mol. The number of pyridine rings is 1. The van der Waals surface area contributed by atoms with E-state index in [9.17, 15) is 9.59 Å². The fraction of sp³-hybridized carbons (Fsp3) is 0.333. The number of fused-ring (bicyclic) bond motifs is 1. The van der Waals surface area contributed by atoms with Crippen molar-refractivity contribution in [2.75, 3.05) is 18.5 Å². The maximum atomic E-state index is 13.0. The van der Waals surface area contributed by atoms with E-state index >= 15 is 0 Å². The second-order valence-electron chi connectivity index (χ2n) is 7.96. The molecule has 0 aliphatic carbocycles. The molecule has 0 saturated carbocycles. The lowest BCUT2D eigenvalue weighted by molar-refractivity contribution is 0.0818. The highest BCUT2D eigenvalue weighted by molar-refractivity contribution is 5.89. The number of ether oxygens (including phenoxy) is 1. The Balaban J connectivity index is 1.61. The second kappa shape index (κ2) is 8.71. The summed E-state index contributed by atoms with van der Waals surface area (Å²) in [5.41, 5.74) is 4.22. The van der Waals surface area contributed by atoms with E-state index in [0.717, 1.165) is 35.0 Å². The number of benzene rings is 2. The van der Waals surface area contributed by atoms with E-state index in [1.807, 2.05) is 49.4 Å². The van der Waals surface area contributed by atoms with E-state index in [0.29, 0.717) is 18.7 Å². The molecule has 0 bridgehead atoms. The van der Waals surface area contributed by atoms with Gasteiger partial charge in [0.1, 0.15) is 0 Å². The number of hydrogen-bond donors (Lipinski definition) is 2. The molecule has 30 heavy (non-hydrogen) atoms. The lowest BCUT2D eigenvalue weighted by atomic mass is 10.0. The van der Waals surface area contributed by atoms with Crippen LogP contribution in [0, 0.1) is 13.8 Å². The number of urea groups is 1. The van der Waals surface area contributed by atoms with E-state index in [-0.39, 0.29) is 24.2 Å². The first kappa shape index (κ1) is 20.2. The third-order valence-electron chi connectivity index (χ3n) is 5.66. The number of anilines is 1. The molecule has 6 heteroatoms. The van der Waals surface area contributed by atoms with Gasteiger partial charge in [-0.25, -0.2) is 4.79 Å². The zero-order valence-electron chi connectivity index (χ0n) is 17.4. The number of nitrogens with zero attached hydrogens (tertiary/aromatic N) is 1. The van der Waals surface area contributed by atoms with E-state index in [2.05, 4.69) is 23.3 Å². The molecular formula is C24H27N3O3. The summed E-state index contributed by atoms with van der Waals surface area (Å²) in [6, 6.07) is 15.0. The maximum Gasteiger partial charge on any atom is 0.322 e. The van der Waals surface area contributed by atoms with Crippen molar-refractivity contribution in [3.8, 4) is 0 Å². The van der Waals surface area contributed by atoms with Crippen LogP contribution in [0.25, 0.3) is 10.9 Å². The topological polar surface area (TPSA) is 74.4 Å². The van der Waals surface area contributed by atoms with Gasteiger partial charge in [-0.1, -0.05) is 18.2 Å². The molecule has 0 radical (unpaired) electrons. The van der Waals surface area contributed by atoms with Crippen molar-refractivity contribution >= 4 is 22.6 Å². The molecular weight excluding hydrogens is 378 g/mol. The molecule has 0 spiro atoms. The number of hydrogen-bond acceptors (Lipinski definition) is 3.